The van der Waals surface area contributed by atoms with Crippen molar-refractivity contribution < 1.29 is 4.79 Å². The normalized spacial score (nSPS) is 14.6. The highest BCUT2D eigenvalue weighted by molar-refractivity contribution is 7.13. The minimum atomic E-state index is 0.119. The first-order valence-electron chi connectivity index (χ1n) is 7.23. The van der Waals surface area contributed by atoms with E-state index in [1.807, 2.05) is 27.8 Å². The number of hydrogen-bond acceptors (Lipinski definition) is 4. The summed E-state index contributed by atoms with van der Waals surface area (Å²) >= 11 is 3.26. The Kier molecular flexibility index (Phi) is 3.56. The Labute approximate surface area is 136 Å². The van der Waals surface area contributed by atoms with Crippen LogP contribution in [0.15, 0.2) is 40.4 Å². The van der Waals surface area contributed by atoms with Gasteiger partial charge in [-0.15, -0.1) is 11.3 Å². The zero-order valence-electron chi connectivity index (χ0n) is 11.9. The number of nitrogens with zero attached hydrogens (tertiary/aromatic N) is 3. The molecule has 6 heteroatoms. The van der Waals surface area contributed by atoms with Crippen molar-refractivity contribution in [3.05, 3.63) is 51.7 Å². The van der Waals surface area contributed by atoms with E-state index < -0.39 is 0 Å². The maximum atomic E-state index is 12.6. The molecule has 0 bridgehead atoms. The number of aryl methyl sites for hydroxylation is 1. The first-order chi connectivity index (χ1) is 10.8. The number of rotatable bonds is 2. The van der Waals surface area contributed by atoms with Gasteiger partial charge in [0.15, 0.2) is 0 Å². The second-order valence-corrected chi connectivity index (χ2v) is 7.04. The number of carbonyl (C=O) groups excluding carboxylic acids is 1. The third kappa shape index (κ3) is 2.48. The molecule has 0 spiro atoms. The summed E-state index contributed by atoms with van der Waals surface area (Å²) in [7, 11) is 0. The maximum Gasteiger partial charge on any atom is 0.255 e. The topological polar surface area (TPSA) is 38.1 Å². The van der Waals surface area contributed by atoms with Crippen molar-refractivity contribution in [2.24, 2.45) is 0 Å². The Bertz CT molecular complexity index is 775. The number of hydrogen-bond donors (Lipinski definition) is 0. The molecule has 1 aliphatic rings. The van der Waals surface area contributed by atoms with E-state index in [0.717, 1.165) is 36.5 Å². The molecule has 0 fully saturated rings. The van der Waals surface area contributed by atoms with Gasteiger partial charge in [0.05, 0.1) is 22.7 Å². The van der Waals surface area contributed by atoms with Gasteiger partial charge in [-0.05, 0) is 35.4 Å². The van der Waals surface area contributed by atoms with Crippen LogP contribution in [0, 0.1) is 0 Å². The van der Waals surface area contributed by atoms with Gasteiger partial charge < -0.3 is 4.90 Å². The lowest BCUT2D eigenvalue weighted by Crippen LogP contribution is -2.30. The van der Waals surface area contributed by atoms with Gasteiger partial charge in [0.2, 0.25) is 0 Å². The number of carbonyl (C=O) groups is 1. The van der Waals surface area contributed by atoms with Crippen LogP contribution in [0.25, 0.3) is 10.6 Å². The van der Waals surface area contributed by atoms with E-state index in [2.05, 4.69) is 22.2 Å². The highest BCUT2D eigenvalue weighted by atomic mass is 32.1. The molecule has 0 aliphatic carbocycles. The fourth-order valence-corrected chi connectivity index (χ4v) is 4.06. The summed E-state index contributed by atoms with van der Waals surface area (Å²) in [5.41, 5.74) is 2.91. The number of fused-ring (bicyclic) bond motifs is 1. The van der Waals surface area contributed by atoms with Gasteiger partial charge >= 0.3 is 0 Å². The first kappa shape index (κ1) is 13.7. The van der Waals surface area contributed by atoms with Crippen molar-refractivity contribution in [2.75, 3.05) is 6.54 Å². The molecule has 22 heavy (non-hydrogen) atoms. The van der Waals surface area contributed by atoms with E-state index in [1.54, 1.807) is 22.7 Å². The molecular formula is C16H15N3OS2. The summed E-state index contributed by atoms with van der Waals surface area (Å²) in [5, 5.41) is 10.6. The van der Waals surface area contributed by atoms with Crippen LogP contribution in [0.5, 0.6) is 0 Å². The second kappa shape index (κ2) is 5.70. The van der Waals surface area contributed by atoms with Crippen molar-refractivity contribution in [2.45, 2.75) is 19.5 Å². The average Bonchev–Trinajstić information content (AvgIpc) is 3.26. The van der Waals surface area contributed by atoms with Crippen LogP contribution in [-0.4, -0.2) is 27.1 Å². The van der Waals surface area contributed by atoms with E-state index in [0.29, 0.717) is 6.54 Å². The lowest BCUT2D eigenvalue weighted by Gasteiger charge is -2.19. The van der Waals surface area contributed by atoms with Crippen molar-refractivity contribution in [3.8, 4) is 10.6 Å². The highest BCUT2D eigenvalue weighted by Gasteiger charge is 2.22. The van der Waals surface area contributed by atoms with Gasteiger partial charge in [0, 0.05) is 18.5 Å². The van der Waals surface area contributed by atoms with E-state index >= 15 is 0 Å². The molecule has 0 unspecified atom stereocenters. The van der Waals surface area contributed by atoms with Crippen LogP contribution < -0.4 is 0 Å². The van der Waals surface area contributed by atoms with Crippen LogP contribution in [-0.2, 0) is 13.1 Å². The smallest absolute Gasteiger partial charge is 0.255 e. The van der Waals surface area contributed by atoms with E-state index in [4.69, 9.17) is 5.10 Å². The van der Waals surface area contributed by atoms with Gasteiger partial charge in [-0.3, -0.25) is 9.48 Å². The first-order valence-corrected chi connectivity index (χ1v) is 9.05. The summed E-state index contributed by atoms with van der Waals surface area (Å²) in [6.07, 6.45) is 0.939. The third-order valence-electron chi connectivity index (χ3n) is 3.84. The van der Waals surface area contributed by atoms with E-state index in [-0.39, 0.29) is 5.91 Å². The molecule has 4 heterocycles. The fraction of sp³-hybridized carbons (Fsp3) is 0.250. The summed E-state index contributed by atoms with van der Waals surface area (Å²) < 4.78 is 2.05. The molecule has 3 aromatic rings. The summed E-state index contributed by atoms with van der Waals surface area (Å²) in [6.45, 7) is 2.29. The lowest BCUT2D eigenvalue weighted by atomic mass is 10.2. The van der Waals surface area contributed by atoms with E-state index in [1.165, 1.54) is 4.88 Å². The molecule has 3 aromatic heterocycles. The SMILES string of the molecule is O=C(c1ccsc1)N1CCCn2nc(-c3cccs3)cc2C1. The number of thiophene rings is 2. The molecule has 112 valence electrons. The van der Waals surface area contributed by atoms with Gasteiger partial charge in [0.25, 0.3) is 5.91 Å². The number of amides is 1. The summed E-state index contributed by atoms with van der Waals surface area (Å²) in [5.74, 6) is 0.119. The van der Waals surface area contributed by atoms with Gasteiger partial charge in [-0.25, -0.2) is 0 Å². The van der Waals surface area contributed by atoms with Crippen LogP contribution in [0.3, 0.4) is 0 Å². The predicted molar refractivity (Wildman–Crippen MR) is 89.2 cm³/mol. The quantitative estimate of drug-likeness (QED) is 0.719. The van der Waals surface area contributed by atoms with Gasteiger partial charge in [-0.1, -0.05) is 6.07 Å². The Balaban J connectivity index is 1.61. The highest BCUT2D eigenvalue weighted by Crippen LogP contribution is 2.26. The molecule has 0 radical (unpaired) electrons. The monoisotopic (exact) mass is 329 g/mol. The van der Waals surface area contributed by atoms with Crippen molar-refractivity contribution >= 4 is 28.6 Å². The summed E-state index contributed by atoms with van der Waals surface area (Å²) in [6, 6.07) is 8.13. The largest absolute Gasteiger partial charge is 0.333 e. The number of aromatic nitrogens is 2. The molecule has 1 amide bonds. The predicted octanol–water partition coefficient (Wildman–Crippen LogP) is 3.72. The van der Waals surface area contributed by atoms with Crippen LogP contribution in [0.1, 0.15) is 22.5 Å². The molecule has 0 aromatic carbocycles. The fourth-order valence-electron chi connectivity index (χ4n) is 2.75. The van der Waals surface area contributed by atoms with Crippen LogP contribution in [0.2, 0.25) is 0 Å². The zero-order chi connectivity index (χ0) is 14.9. The molecular weight excluding hydrogens is 314 g/mol. The average molecular weight is 329 g/mol. The van der Waals surface area contributed by atoms with Gasteiger partial charge in [0.1, 0.15) is 5.69 Å². The molecule has 4 nitrogen and oxygen atoms in total. The standard InChI is InChI=1S/C16H15N3OS2/c20-16(12-4-8-21-11-12)18-5-2-6-19-13(10-18)9-14(17-19)15-3-1-7-22-15/h1,3-4,7-9,11H,2,5-6,10H2. The second-order valence-electron chi connectivity index (χ2n) is 5.31. The van der Waals surface area contributed by atoms with Crippen LogP contribution >= 0.6 is 22.7 Å². The van der Waals surface area contributed by atoms with Crippen LogP contribution in [0.4, 0.5) is 0 Å². The molecule has 1 aliphatic heterocycles. The van der Waals surface area contributed by atoms with Gasteiger partial charge in [-0.2, -0.15) is 16.4 Å². The Morgan fingerprint density at radius 3 is 2.95 bits per heavy atom. The molecule has 0 saturated heterocycles. The molecule has 0 N–H and O–H groups in total. The Morgan fingerprint density at radius 2 is 2.18 bits per heavy atom. The molecule has 0 saturated carbocycles. The van der Waals surface area contributed by atoms with Crippen molar-refractivity contribution in [1.29, 1.82) is 0 Å². The minimum absolute atomic E-state index is 0.119. The Hall–Kier alpha value is -1.92. The molecule has 4 rings (SSSR count). The zero-order valence-corrected chi connectivity index (χ0v) is 13.6. The van der Waals surface area contributed by atoms with Crippen molar-refractivity contribution in [1.82, 2.24) is 14.7 Å². The third-order valence-corrected chi connectivity index (χ3v) is 5.42. The lowest BCUT2D eigenvalue weighted by molar-refractivity contribution is 0.0746. The molecule has 0 atom stereocenters. The minimum Gasteiger partial charge on any atom is -0.333 e. The summed E-state index contributed by atoms with van der Waals surface area (Å²) in [4.78, 5) is 15.7. The maximum absolute atomic E-state index is 12.6. The van der Waals surface area contributed by atoms with E-state index in [9.17, 15) is 4.79 Å². The van der Waals surface area contributed by atoms with Crippen molar-refractivity contribution in [3.63, 3.8) is 0 Å². The Morgan fingerprint density at radius 1 is 1.23 bits per heavy atom.